The molecule has 6 heteroatoms. The largest absolute Gasteiger partial charge is 0.442 e. The van der Waals surface area contributed by atoms with Gasteiger partial charge in [0.25, 0.3) is 0 Å². The number of carbonyl (C=O) groups excluding carboxylic acids is 1. The molecule has 0 fully saturated rings. The molecule has 1 aromatic carbocycles. The maximum absolute atomic E-state index is 12.6. The summed E-state index contributed by atoms with van der Waals surface area (Å²) in [6.07, 6.45) is -3.62. The number of carbonyl (C=O) groups is 1. The lowest BCUT2D eigenvalue weighted by atomic mass is 10.0. The molecule has 0 unspecified atom stereocenters. The van der Waals surface area contributed by atoms with Gasteiger partial charge in [-0.1, -0.05) is 24.3 Å². The van der Waals surface area contributed by atoms with Crippen molar-refractivity contribution in [3.8, 4) is 0 Å². The number of aldehydes is 1. The highest BCUT2D eigenvalue weighted by Crippen LogP contribution is 2.52. The third-order valence-electron chi connectivity index (χ3n) is 2.37. The van der Waals surface area contributed by atoms with E-state index in [1.807, 2.05) is 0 Å². The second-order valence-corrected chi connectivity index (χ2v) is 3.44. The Bertz CT molecular complexity index is 430. The van der Waals surface area contributed by atoms with Crippen LogP contribution in [0.2, 0.25) is 0 Å². The van der Waals surface area contributed by atoms with Crippen molar-refractivity contribution in [3.63, 3.8) is 0 Å². The minimum absolute atomic E-state index is 0.0188. The van der Waals surface area contributed by atoms with Gasteiger partial charge in [-0.3, -0.25) is 0 Å². The molecular formula is C10H7F3N2O. The van der Waals surface area contributed by atoms with Gasteiger partial charge >= 0.3 is 11.8 Å². The van der Waals surface area contributed by atoms with E-state index in [0.717, 1.165) is 0 Å². The highest BCUT2D eigenvalue weighted by molar-refractivity contribution is 5.55. The summed E-state index contributed by atoms with van der Waals surface area (Å²) in [5.74, 6) is 0. The molecule has 3 nitrogen and oxygen atoms in total. The summed E-state index contributed by atoms with van der Waals surface area (Å²) in [6.45, 7) is 0. The summed E-state index contributed by atoms with van der Waals surface area (Å²) < 4.78 is 37.8. The quantitative estimate of drug-likeness (QED) is 0.733. The second-order valence-electron chi connectivity index (χ2n) is 3.44. The second kappa shape index (κ2) is 3.40. The molecule has 84 valence electrons. The van der Waals surface area contributed by atoms with E-state index in [-0.39, 0.29) is 12.0 Å². The molecule has 0 spiro atoms. The molecule has 1 heterocycles. The lowest BCUT2D eigenvalue weighted by Gasteiger charge is -2.14. The standard InChI is InChI=1S/C10H7F3N2O/c11-10(12,13)9(14-15-9)8-3-1-7(2-4-8)5-6-16/h1-4,6H,5H2. The topological polar surface area (TPSA) is 41.8 Å². The molecule has 0 saturated carbocycles. The van der Waals surface area contributed by atoms with Crippen LogP contribution in [-0.2, 0) is 16.9 Å². The van der Waals surface area contributed by atoms with Crippen LogP contribution in [0.15, 0.2) is 34.5 Å². The fourth-order valence-electron chi connectivity index (χ4n) is 1.41. The van der Waals surface area contributed by atoms with Gasteiger partial charge in [-0.2, -0.15) is 13.2 Å². The maximum atomic E-state index is 12.6. The molecule has 0 aromatic heterocycles. The number of benzene rings is 1. The molecule has 1 aliphatic heterocycles. The molecule has 0 atom stereocenters. The fourth-order valence-corrected chi connectivity index (χ4v) is 1.41. The van der Waals surface area contributed by atoms with Crippen LogP contribution in [0.3, 0.4) is 0 Å². The van der Waals surface area contributed by atoms with E-state index >= 15 is 0 Å². The molecule has 0 radical (unpaired) electrons. The van der Waals surface area contributed by atoms with Gasteiger partial charge in [0.05, 0.1) is 0 Å². The first-order chi connectivity index (χ1) is 7.49. The lowest BCUT2D eigenvalue weighted by molar-refractivity contribution is -0.166. The summed E-state index contributed by atoms with van der Waals surface area (Å²) in [5.41, 5.74) is -1.72. The van der Waals surface area contributed by atoms with Crippen LogP contribution in [0.1, 0.15) is 11.1 Å². The van der Waals surface area contributed by atoms with Gasteiger partial charge in [0.2, 0.25) is 0 Å². The van der Waals surface area contributed by atoms with E-state index in [2.05, 4.69) is 10.2 Å². The third kappa shape index (κ3) is 1.60. The van der Waals surface area contributed by atoms with Crippen molar-refractivity contribution in [3.05, 3.63) is 35.4 Å². The van der Waals surface area contributed by atoms with Crippen LogP contribution in [0.4, 0.5) is 13.2 Å². The van der Waals surface area contributed by atoms with Gasteiger partial charge in [-0.05, 0) is 5.56 Å². The fraction of sp³-hybridized carbons (Fsp3) is 0.300. The zero-order valence-electron chi connectivity index (χ0n) is 8.03. The summed E-state index contributed by atoms with van der Waals surface area (Å²) >= 11 is 0. The molecule has 16 heavy (non-hydrogen) atoms. The molecular weight excluding hydrogens is 221 g/mol. The van der Waals surface area contributed by atoms with Gasteiger partial charge in [0.15, 0.2) is 0 Å². The minimum atomic E-state index is -4.50. The lowest BCUT2D eigenvalue weighted by Crippen LogP contribution is -2.30. The Balaban J connectivity index is 2.26. The molecule has 0 aliphatic carbocycles. The number of rotatable bonds is 3. The van der Waals surface area contributed by atoms with Crippen molar-refractivity contribution in [2.75, 3.05) is 0 Å². The SMILES string of the molecule is O=CCc1ccc(C2(C(F)(F)F)N=N2)cc1. The molecule has 0 bridgehead atoms. The zero-order chi connectivity index (χ0) is 11.8. The molecule has 0 saturated heterocycles. The van der Waals surface area contributed by atoms with Crippen LogP contribution in [0.5, 0.6) is 0 Å². The average molecular weight is 228 g/mol. The summed E-state index contributed by atoms with van der Waals surface area (Å²) in [6, 6.07) is 5.54. The van der Waals surface area contributed by atoms with Crippen LogP contribution >= 0.6 is 0 Å². The first-order valence-corrected chi connectivity index (χ1v) is 4.53. The summed E-state index contributed by atoms with van der Waals surface area (Å²) in [7, 11) is 0. The van der Waals surface area contributed by atoms with E-state index in [0.29, 0.717) is 11.8 Å². The van der Waals surface area contributed by atoms with Crippen molar-refractivity contribution in [2.24, 2.45) is 10.2 Å². The number of hydrogen-bond donors (Lipinski definition) is 0. The zero-order valence-corrected chi connectivity index (χ0v) is 8.03. The Morgan fingerprint density at radius 1 is 1.19 bits per heavy atom. The summed E-state index contributed by atoms with van der Waals surface area (Å²) in [4.78, 5) is 10.2. The monoisotopic (exact) mass is 228 g/mol. The van der Waals surface area contributed by atoms with Gasteiger partial charge < -0.3 is 4.79 Å². The smallest absolute Gasteiger partial charge is 0.303 e. The predicted molar refractivity (Wildman–Crippen MR) is 48.8 cm³/mol. The van der Waals surface area contributed by atoms with Crippen molar-refractivity contribution < 1.29 is 18.0 Å². The van der Waals surface area contributed by atoms with E-state index in [9.17, 15) is 18.0 Å². The normalized spacial score (nSPS) is 17.2. The Labute approximate surface area is 89.0 Å². The number of nitrogens with zero attached hydrogens (tertiary/aromatic N) is 2. The Morgan fingerprint density at radius 3 is 2.12 bits per heavy atom. The van der Waals surface area contributed by atoms with Crippen molar-refractivity contribution in [1.82, 2.24) is 0 Å². The van der Waals surface area contributed by atoms with Gasteiger partial charge in [-0.25, -0.2) is 0 Å². The van der Waals surface area contributed by atoms with Gasteiger partial charge in [0, 0.05) is 12.0 Å². The first kappa shape index (κ1) is 10.8. The van der Waals surface area contributed by atoms with Crippen molar-refractivity contribution in [2.45, 2.75) is 18.3 Å². The van der Waals surface area contributed by atoms with E-state index in [1.54, 1.807) is 0 Å². The van der Waals surface area contributed by atoms with Crippen LogP contribution in [-0.4, -0.2) is 12.5 Å². The maximum Gasteiger partial charge on any atom is 0.442 e. The number of halogens is 3. The minimum Gasteiger partial charge on any atom is -0.303 e. The molecule has 1 aromatic rings. The first-order valence-electron chi connectivity index (χ1n) is 4.53. The Kier molecular flexibility index (Phi) is 2.29. The highest BCUT2D eigenvalue weighted by Gasteiger charge is 2.65. The van der Waals surface area contributed by atoms with E-state index < -0.39 is 11.8 Å². The number of alkyl halides is 3. The van der Waals surface area contributed by atoms with Crippen LogP contribution in [0, 0.1) is 0 Å². The van der Waals surface area contributed by atoms with Crippen LogP contribution in [0.25, 0.3) is 0 Å². The van der Waals surface area contributed by atoms with E-state index in [4.69, 9.17) is 0 Å². The van der Waals surface area contributed by atoms with E-state index in [1.165, 1.54) is 24.3 Å². The predicted octanol–water partition coefficient (Wildman–Crippen LogP) is 2.61. The average Bonchev–Trinajstić information content (AvgIpc) is 2.99. The molecule has 0 amide bonds. The molecule has 1 aliphatic rings. The number of hydrogen-bond acceptors (Lipinski definition) is 3. The van der Waals surface area contributed by atoms with Crippen molar-refractivity contribution in [1.29, 1.82) is 0 Å². The molecule has 2 rings (SSSR count). The highest BCUT2D eigenvalue weighted by atomic mass is 19.4. The summed E-state index contributed by atoms with van der Waals surface area (Å²) in [5, 5.41) is 6.16. The Hall–Kier alpha value is -1.72. The van der Waals surface area contributed by atoms with Gasteiger partial charge in [0.1, 0.15) is 6.29 Å². The molecule has 0 N–H and O–H groups in total. The third-order valence-corrected chi connectivity index (χ3v) is 2.37. The van der Waals surface area contributed by atoms with Crippen LogP contribution < -0.4 is 0 Å². The Morgan fingerprint density at radius 2 is 1.75 bits per heavy atom. The van der Waals surface area contributed by atoms with Gasteiger partial charge in [-0.15, -0.1) is 10.2 Å². The van der Waals surface area contributed by atoms with Crippen molar-refractivity contribution >= 4 is 6.29 Å².